The molecule has 0 bridgehead atoms. The topological polar surface area (TPSA) is 37.3 Å². The highest BCUT2D eigenvalue weighted by Crippen LogP contribution is 2.26. The molecule has 2 aromatic rings. The molecule has 0 saturated heterocycles. The summed E-state index contributed by atoms with van der Waals surface area (Å²) in [6.07, 6.45) is 0.544. The third-order valence-electron chi connectivity index (χ3n) is 3.57. The van der Waals surface area contributed by atoms with Gasteiger partial charge in [-0.3, -0.25) is 4.79 Å². The number of aryl methyl sites for hydroxylation is 1. The molecule has 108 valence electrons. The summed E-state index contributed by atoms with van der Waals surface area (Å²) in [6.45, 7) is 3.90. The number of thiocarbonyl (C=S) groups is 1. The van der Waals surface area contributed by atoms with Gasteiger partial charge in [0, 0.05) is 0 Å². The normalized spacial score (nSPS) is 11.9. The van der Waals surface area contributed by atoms with Gasteiger partial charge in [-0.15, -0.1) is 0 Å². The number of hydrogen-bond acceptors (Lipinski definition) is 2. The van der Waals surface area contributed by atoms with Crippen LogP contribution in [0.2, 0.25) is 0 Å². The second-order valence-electron chi connectivity index (χ2n) is 5.08. The lowest BCUT2D eigenvalue weighted by Crippen LogP contribution is -2.15. The first kappa shape index (κ1) is 15.4. The van der Waals surface area contributed by atoms with Gasteiger partial charge in [-0.05, 0) is 30.0 Å². The van der Waals surface area contributed by atoms with Crippen LogP contribution >= 0.6 is 12.2 Å². The molecule has 1 unspecified atom stereocenters. The Morgan fingerprint density at radius 1 is 1.19 bits per heavy atom. The molecule has 0 aliphatic carbocycles. The van der Waals surface area contributed by atoms with E-state index >= 15 is 0 Å². The van der Waals surface area contributed by atoms with Crippen LogP contribution in [0.4, 0.5) is 0 Å². The van der Waals surface area contributed by atoms with Gasteiger partial charge in [0.25, 0.3) is 0 Å². The summed E-state index contributed by atoms with van der Waals surface area (Å²) in [4.78, 5) is 12.2. The molecule has 0 saturated carbocycles. The van der Waals surface area contributed by atoms with Crippen LogP contribution in [0.1, 0.15) is 41.5 Å². The van der Waals surface area contributed by atoms with Crippen LogP contribution in [0.25, 0.3) is 0 Å². The summed E-state index contributed by atoms with van der Waals surface area (Å²) in [7, 11) is 0. The van der Waals surface area contributed by atoms with Crippen LogP contribution in [-0.4, -0.2) is 15.9 Å². The monoisotopic (exact) mass is 298 g/mol. The summed E-state index contributed by atoms with van der Waals surface area (Å²) < 4.78 is 0. The third kappa shape index (κ3) is 3.37. The molecule has 21 heavy (non-hydrogen) atoms. The van der Waals surface area contributed by atoms with E-state index in [9.17, 15) is 9.90 Å². The minimum Gasteiger partial charge on any atom is -0.481 e. The largest absolute Gasteiger partial charge is 0.481 e. The quantitative estimate of drug-likeness (QED) is 0.659. The van der Waals surface area contributed by atoms with Gasteiger partial charge < -0.3 is 5.11 Å². The summed E-state index contributed by atoms with van der Waals surface area (Å²) in [5, 5.41) is 9.40. The van der Waals surface area contributed by atoms with Gasteiger partial charge in [-0.25, -0.2) is 0 Å². The molecular weight excluding hydrogens is 280 g/mol. The number of carboxylic acid groups (broad SMARTS) is 1. The van der Waals surface area contributed by atoms with Crippen molar-refractivity contribution in [3.05, 3.63) is 70.8 Å². The highest BCUT2D eigenvalue weighted by Gasteiger charge is 2.22. The molecule has 1 N–H and O–H groups in total. The highest BCUT2D eigenvalue weighted by molar-refractivity contribution is 7.81. The lowest BCUT2D eigenvalue weighted by Gasteiger charge is -2.16. The Kier molecular flexibility index (Phi) is 4.86. The Morgan fingerprint density at radius 2 is 1.90 bits per heavy atom. The third-order valence-corrected chi connectivity index (χ3v) is 4.02. The van der Waals surface area contributed by atoms with E-state index in [2.05, 4.69) is 0 Å². The predicted molar refractivity (Wildman–Crippen MR) is 89.1 cm³/mol. The van der Waals surface area contributed by atoms with Crippen molar-refractivity contribution in [3.8, 4) is 0 Å². The minimum absolute atomic E-state index is 0.524. The Balaban J connectivity index is 2.49. The molecule has 0 aliphatic rings. The highest BCUT2D eigenvalue weighted by atomic mass is 32.1. The van der Waals surface area contributed by atoms with Gasteiger partial charge in [-0.2, -0.15) is 0 Å². The summed E-state index contributed by atoms with van der Waals surface area (Å²) in [5.41, 5.74) is 3.72. The molecule has 2 rings (SSSR count). The number of rotatable bonds is 5. The summed E-state index contributed by atoms with van der Waals surface area (Å²) in [6, 6.07) is 15.5. The van der Waals surface area contributed by atoms with Crippen LogP contribution in [0.3, 0.4) is 0 Å². The smallest absolute Gasteiger partial charge is 0.310 e. The zero-order valence-electron chi connectivity index (χ0n) is 12.2. The first-order chi connectivity index (χ1) is 10.0. The maximum absolute atomic E-state index is 11.5. The summed E-state index contributed by atoms with van der Waals surface area (Å²) >= 11 is 5.59. The number of hydrogen-bond donors (Lipinski definition) is 1. The van der Waals surface area contributed by atoms with Crippen molar-refractivity contribution >= 4 is 23.1 Å². The fourth-order valence-electron chi connectivity index (χ4n) is 2.48. The van der Waals surface area contributed by atoms with E-state index in [1.165, 1.54) is 0 Å². The van der Waals surface area contributed by atoms with Gasteiger partial charge in [-0.1, -0.05) is 73.2 Å². The zero-order chi connectivity index (χ0) is 15.4. The second-order valence-corrected chi connectivity index (χ2v) is 5.49. The van der Waals surface area contributed by atoms with Gasteiger partial charge >= 0.3 is 5.97 Å². The fourth-order valence-corrected chi connectivity index (χ4v) is 2.79. The molecule has 3 heteroatoms. The van der Waals surface area contributed by atoms with Gasteiger partial charge in [0.2, 0.25) is 0 Å². The molecule has 1 atom stereocenters. The maximum atomic E-state index is 11.5. The first-order valence-corrected chi connectivity index (χ1v) is 7.38. The number of benzene rings is 2. The van der Waals surface area contributed by atoms with E-state index in [1.807, 2.05) is 62.4 Å². The van der Waals surface area contributed by atoms with Crippen molar-refractivity contribution in [3.63, 3.8) is 0 Å². The van der Waals surface area contributed by atoms with Crippen molar-refractivity contribution in [2.75, 3.05) is 0 Å². The van der Waals surface area contributed by atoms with E-state index in [1.54, 1.807) is 0 Å². The second kappa shape index (κ2) is 6.64. The SMILES string of the molecule is CCC(C(=O)O)c1ccccc1C(=S)c1cccc(C)c1. The van der Waals surface area contributed by atoms with Crippen molar-refractivity contribution in [1.29, 1.82) is 0 Å². The Morgan fingerprint density at radius 3 is 2.52 bits per heavy atom. The van der Waals surface area contributed by atoms with Crippen LogP contribution in [0.5, 0.6) is 0 Å². The molecular formula is C18H18O2S. The number of carbonyl (C=O) groups is 1. The Labute approximate surface area is 130 Å². The molecule has 0 aliphatic heterocycles. The Hall–Kier alpha value is -2.00. The lowest BCUT2D eigenvalue weighted by atomic mass is 9.89. The molecule has 0 spiro atoms. The molecule has 0 radical (unpaired) electrons. The first-order valence-electron chi connectivity index (χ1n) is 6.97. The predicted octanol–water partition coefficient (Wildman–Crippen LogP) is 4.34. The van der Waals surface area contributed by atoms with Crippen LogP contribution in [-0.2, 0) is 4.79 Å². The fraction of sp³-hybridized carbons (Fsp3) is 0.222. The number of carboxylic acids is 1. The molecule has 0 heterocycles. The molecule has 0 fully saturated rings. The van der Waals surface area contributed by atoms with Gasteiger partial charge in [0.05, 0.1) is 10.8 Å². The summed E-state index contributed by atoms with van der Waals surface area (Å²) in [5.74, 6) is -1.33. The average Bonchev–Trinajstić information content (AvgIpc) is 2.47. The number of aliphatic carboxylic acids is 1. The lowest BCUT2D eigenvalue weighted by molar-refractivity contribution is -0.138. The average molecular weight is 298 g/mol. The maximum Gasteiger partial charge on any atom is 0.310 e. The zero-order valence-corrected chi connectivity index (χ0v) is 13.0. The molecule has 0 amide bonds. The molecule has 2 nitrogen and oxygen atoms in total. The van der Waals surface area contributed by atoms with Crippen molar-refractivity contribution in [2.45, 2.75) is 26.2 Å². The van der Waals surface area contributed by atoms with E-state index in [0.717, 1.165) is 22.3 Å². The van der Waals surface area contributed by atoms with Crippen LogP contribution in [0.15, 0.2) is 48.5 Å². The van der Waals surface area contributed by atoms with Crippen LogP contribution in [0, 0.1) is 6.92 Å². The van der Waals surface area contributed by atoms with E-state index in [-0.39, 0.29) is 0 Å². The van der Waals surface area contributed by atoms with E-state index < -0.39 is 11.9 Å². The Bertz CT molecular complexity index is 676. The van der Waals surface area contributed by atoms with Crippen molar-refractivity contribution < 1.29 is 9.90 Å². The van der Waals surface area contributed by atoms with Gasteiger partial charge in [0.1, 0.15) is 0 Å². The van der Waals surface area contributed by atoms with E-state index in [4.69, 9.17) is 12.2 Å². The van der Waals surface area contributed by atoms with Gasteiger partial charge in [0.15, 0.2) is 0 Å². The molecule has 2 aromatic carbocycles. The van der Waals surface area contributed by atoms with Crippen molar-refractivity contribution in [1.82, 2.24) is 0 Å². The minimum atomic E-state index is -0.808. The van der Waals surface area contributed by atoms with Crippen LogP contribution < -0.4 is 0 Å². The molecule has 0 aromatic heterocycles. The van der Waals surface area contributed by atoms with E-state index in [0.29, 0.717) is 11.3 Å². The van der Waals surface area contributed by atoms with Crippen molar-refractivity contribution in [2.24, 2.45) is 0 Å². The standard InChI is InChI=1S/C18H18O2S/c1-3-14(18(19)20)15-9-4-5-10-16(15)17(21)13-8-6-7-12(2)11-13/h4-11,14H,3H2,1-2H3,(H,19,20).